The van der Waals surface area contributed by atoms with Crippen LogP contribution in [0.3, 0.4) is 0 Å². The summed E-state index contributed by atoms with van der Waals surface area (Å²) in [6.07, 6.45) is 10.0. The summed E-state index contributed by atoms with van der Waals surface area (Å²) >= 11 is 0. The number of rotatable bonds is 5. The SMILES string of the molecule is C=C1CCC2[C@@](C)(CCC[C@]2(C)C(=O)O[Si](C)(C)C)C1C/C=C(\C)CC. The van der Waals surface area contributed by atoms with Crippen LogP contribution < -0.4 is 0 Å². The molecular weight excluding hydrogens is 336 g/mol. The van der Waals surface area contributed by atoms with Crippen LogP contribution in [0.1, 0.15) is 72.6 Å². The maximum absolute atomic E-state index is 13.2. The molecule has 2 fully saturated rings. The molecule has 0 saturated heterocycles. The molecule has 0 aromatic carbocycles. The highest BCUT2D eigenvalue weighted by molar-refractivity contribution is 6.71. The Kier molecular flexibility index (Phi) is 6.32. The zero-order chi connectivity index (χ0) is 19.8. The molecule has 0 N–H and O–H groups in total. The van der Waals surface area contributed by atoms with Crippen LogP contribution in [0.5, 0.6) is 0 Å². The van der Waals surface area contributed by atoms with Crippen LogP contribution >= 0.6 is 0 Å². The molecular formula is C23H40O2Si. The molecule has 2 rings (SSSR count). The maximum Gasteiger partial charge on any atom is 0.298 e. The molecule has 4 atom stereocenters. The van der Waals surface area contributed by atoms with Gasteiger partial charge in [0, 0.05) is 0 Å². The van der Waals surface area contributed by atoms with Gasteiger partial charge in [-0.3, -0.25) is 4.79 Å². The number of carbonyl (C=O) groups is 1. The third-order valence-electron chi connectivity index (χ3n) is 7.14. The Balaban J connectivity index is 2.34. The highest BCUT2D eigenvalue weighted by Gasteiger charge is 2.57. The molecule has 0 spiro atoms. The number of carbonyl (C=O) groups excluding carboxylic acids is 1. The topological polar surface area (TPSA) is 26.3 Å². The lowest BCUT2D eigenvalue weighted by atomic mass is 9.46. The highest BCUT2D eigenvalue weighted by atomic mass is 28.4. The maximum atomic E-state index is 13.2. The summed E-state index contributed by atoms with van der Waals surface area (Å²) < 4.78 is 6.02. The van der Waals surface area contributed by atoms with Crippen LogP contribution in [0.25, 0.3) is 0 Å². The Bertz CT molecular complexity index is 586. The smallest absolute Gasteiger partial charge is 0.298 e. The Hall–Kier alpha value is -0.833. The number of hydrogen-bond donors (Lipinski definition) is 0. The van der Waals surface area contributed by atoms with Crippen molar-refractivity contribution in [1.82, 2.24) is 0 Å². The van der Waals surface area contributed by atoms with Gasteiger partial charge in [-0.2, -0.15) is 0 Å². The van der Waals surface area contributed by atoms with Gasteiger partial charge in [0.15, 0.2) is 0 Å². The quantitative estimate of drug-likeness (QED) is 0.386. The summed E-state index contributed by atoms with van der Waals surface area (Å²) in [4.78, 5) is 13.2. The molecule has 0 radical (unpaired) electrons. The lowest BCUT2D eigenvalue weighted by Gasteiger charge is -2.57. The summed E-state index contributed by atoms with van der Waals surface area (Å²) in [7, 11) is -1.87. The van der Waals surface area contributed by atoms with Crippen molar-refractivity contribution in [2.24, 2.45) is 22.7 Å². The first-order chi connectivity index (χ1) is 11.9. The molecule has 0 heterocycles. The predicted molar refractivity (Wildman–Crippen MR) is 114 cm³/mol. The summed E-state index contributed by atoms with van der Waals surface area (Å²) in [5, 5.41) is 0. The average Bonchev–Trinajstić information content (AvgIpc) is 2.51. The molecule has 2 saturated carbocycles. The van der Waals surface area contributed by atoms with E-state index in [1.165, 1.54) is 17.6 Å². The van der Waals surface area contributed by atoms with E-state index in [9.17, 15) is 4.79 Å². The van der Waals surface area contributed by atoms with Gasteiger partial charge >= 0.3 is 0 Å². The molecule has 148 valence electrons. The van der Waals surface area contributed by atoms with Gasteiger partial charge in [-0.1, -0.05) is 44.1 Å². The van der Waals surface area contributed by atoms with Crippen molar-refractivity contribution in [2.75, 3.05) is 0 Å². The molecule has 0 aromatic heterocycles. The van der Waals surface area contributed by atoms with Crippen molar-refractivity contribution in [3.8, 4) is 0 Å². The van der Waals surface area contributed by atoms with Gasteiger partial charge in [-0.15, -0.1) is 0 Å². The number of hydrogen-bond acceptors (Lipinski definition) is 2. The highest BCUT2D eigenvalue weighted by Crippen LogP contribution is 2.62. The molecule has 26 heavy (non-hydrogen) atoms. The lowest BCUT2D eigenvalue weighted by molar-refractivity contribution is -0.161. The molecule has 0 amide bonds. The second kappa shape index (κ2) is 7.65. The van der Waals surface area contributed by atoms with Crippen LogP contribution in [0.2, 0.25) is 19.6 Å². The fraction of sp³-hybridized carbons (Fsp3) is 0.783. The standard InChI is InChI=1S/C23H40O2Si/c1-9-17(2)11-13-19-18(3)12-14-20-22(19,4)15-10-16-23(20,5)21(24)25-26(6,7)8/h11,19-20H,3,9-10,12-16H2,1-2,4-8H3/b17-11+/t19?,20?,22-,23-/m0/s1. The minimum absolute atomic E-state index is 0.0686. The molecule has 0 bridgehead atoms. The van der Waals surface area contributed by atoms with Gasteiger partial charge in [0.1, 0.15) is 0 Å². The van der Waals surface area contributed by atoms with Crippen molar-refractivity contribution in [3.63, 3.8) is 0 Å². The summed E-state index contributed by atoms with van der Waals surface area (Å²) in [5.41, 5.74) is 2.67. The van der Waals surface area contributed by atoms with Crippen molar-refractivity contribution in [2.45, 2.75) is 92.3 Å². The Morgan fingerprint density at radius 1 is 1.31 bits per heavy atom. The zero-order valence-electron chi connectivity index (χ0n) is 18.2. The monoisotopic (exact) mass is 376 g/mol. The molecule has 3 heteroatoms. The molecule has 0 aliphatic heterocycles. The van der Waals surface area contributed by atoms with Crippen molar-refractivity contribution < 1.29 is 9.22 Å². The Labute approximate surface area is 162 Å². The van der Waals surface area contributed by atoms with E-state index >= 15 is 0 Å². The predicted octanol–water partition coefficient (Wildman–Crippen LogP) is 6.89. The van der Waals surface area contributed by atoms with Gasteiger partial charge in [0.25, 0.3) is 5.97 Å². The molecule has 2 aliphatic carbocycles. The van der Waals surface area contributed by atoms with Gasteiger partial charge in [-0.25, -0.2) is 0 Å². The first-order valence-corrected chi connectivity index (χ1v) is 13.9. The summed E-state index contributed by atoms with van der Waals surface area (Å²) in [5.74, 6) is 0.958. The van der Waals surface area contributed by atoms with E-state index in [2.05, 4.69) is 60.0 Å². The average molecular weight is 377 g/mol. The van der Waals surface area contributed by atoms with Gasteiger partial charge in [-0.05, 0) is 89.3 Å². The van der Waals surface area contributed by atoms with E-state index in [1.54, 1.807) is 0 Å². The van der Waals surface area contributed by atoms with Gasteiger partial charge < -0.3 is 4.43 Å². The number of allylic oxidation sites excluding steroid dienone is 3. The second-order valence-electron chi connectivity index (χ2n) is 10.2. The van der Waals surface area contributed by atoms with Crippen LogP contribution in [0, 0.1) is 22.7 Å². The van der Waals surface area contributed by atoms with E-state index < -0.39 is 8.32 Å². The van der Waals surface area contributed by atoms with Crippen molar-refractivity contribution in [1.29, 1.82) is 0 Å². The van der Waals surface area contributed by atoms with Gasteiger partial charge in [0.05, 0.1) is 5.41 Å². The molecule has 2 unspecified atom stereocenters. The minimum atomic E-state index is -1.87. The van der Waals surface area contributed by atoms with Crippen molar-refractivity contribution >= 4 is 14.3 Å². The third-order valence-corrected chi connectivity index (χ3v) is 7.94. The first-order valence-electron chi connectivity index (χ1n) is 10.5. The van der Waals surface area contributed by atoms with Crippen LogP contribution in [0.4, 0.5) is 0 Å². The lowest BCUT2D eigenvalue weighted by Crippen LogP contribution is -2.54. The van der Waals surface area contributed by atoms with Crippen LogP contribution in [-0.2, 0) is 9.22 Å². The largest absolute Gasteiger partial charge is 0.519 e. The summed E-state index contributed by atoms with van der Waals surface area (Å²) in [6, 6.07) is 0. The van der Waals surface area contributed by atoms with E-state index in [0.717, 1.165) is 38.5 Å². The Morgan fingerprint density at radius 2 is 1.96 bits per heavy atom. The molecule has 2 aliphatic rings. The minimum Gasteiger partial charge on any atom is -0.519 e. The molecule has 2 nitrogen and oxygen atoms in total. The van der Waals surface area contributed by atoms with Crippen LogP contribution in [-0.4, -0.2) is 14.3 Å². The van der Waals surface area contributed by atoms with E-state index in [4.69, 9.17) is 4.43 Å². The third kappa shape index (κ3) is 4.18. The second-order valence-corrected chi connectivity index (χ2v) is 14.6. The van der Waals surface area contributed by atoms with Crippen LogP contribution in [0.15, 0.2) is 23.8 Å². The van der Waals surface area contributed by atoms with Gasteiger partial charge in [0.2, 0.25) is 8.32 Å². The first kappa shape index (κ1) is 21.5. The normalized spacial score (nSPS) is 35.8. The van der Waals surface area contributed by atoms with E-state index in [0.29, 0.717) is 11.8 Å². The van der Waals surface area contributed by atoms with E-state index in [-0.39, 0.29) is 16.8 Å². The summed E-state index contributed by atoms with van der Waals surface area (Å²) in [6.45, 7) is 19.8. The fourth-order valence-corrected chi connectivity index (χ4v) is 6.28. The zero-order valence-corrected chi connectivity index (χ0v) is 19.2. The van der Waals surface area contributed by atoms with Crippen molar-refractivity contribution in [3.05, 3.63) is 23.8 Å². The Morgan fingerprint density at radius 3 is 2.54 bits per heavy atom. The van der Waals surface area contributed by atoms with E-state index in [1.807, 2.05) is 0 Å². The fourth-order valence-electron chi connectivity index (χ4n) is 5.49. The number of fused-ring (bicyclic) bond motifs is 1. The molecule has 0 aromatic rings.